The molecule has 4 heteroatoms. The lowest BCUT2D eigenvalue weighted by atomic mass is 10.2. The molecule has 0 bridgehead atoms. The van der Waals surface area contributed by atoms with E-state index in [-0.39, 0.29) is 0 Å². The van der Waals surface area contributed by atoms with Gasteiger partial charge in [0.05, 0.1) is 0 Å². The third-order valence-electron chi connectivity index (χ3n) is 1.45. The average molecular weight is 209 g/mol. The van der Waals surface area contributed by atoms with Crippen molar-refractivity contribution in [1.82, 2.24) is 4.98 Å². The minimum atomic E-state index is 1.09. The molecule has 0 aliphatic carbocycles. The zero-order valence-electron chi connectivity index (χ0n) is 6.71. The summed E-state index contributed by atoms with van der Waals surface area (Å²) in [7, 11) is 0. The van der Waals surface area contributed by atoms with Gasteiger partial charge >= 0.3 is 0 Å². The van der Waals surface area contributed by atoms with Crippen LogP contribution in [0.4, 0.5) is 0 Å². The predicted octanol–water partition coefficient (Wildman–Crippen LogP) is 2.47. The highest BCUT2D eigenvalue weighted by Gasteiger charge is 1.95. The molecule has 66 valence electrons. The standard InChI is InChI=1S/C9H7NS.OS/c1-2-4-8(5-3-1)9-10-6-7-11-9;1-2/h1-7H;. The molecule has 0 aliphatic rings. The topological polar surface area (TPSA) is 30.0 Å². The number of nitrogens with zero attached hydrogens (tertiary/aromatic N) is 1. The Bertz CT molecular complexity index is 334. The Morgan fingerprint density at radius 3 is 2.38 bits per heavy atom. The largest absolute Gasteiger partial charge is 0.245 e. The van der Waals surface area contributed by atoms with Crippen LogP contribution < -0.4 is 0 Å². The van der Waals surface area contributed by atoms with Gasteiger partial charge in [0.1, 0.15) is 5.01 Å². The van der Waals surface area contributed by atoms with E-state index in [0.717, 1.165) is 5.01 Å². The van der Waals surface area contributed by atoms with Crippen molar-refractivity contribution in [2.24, 2.45) is 0 Å². The van der Waals surface area contributed by atoms with Crippen LogP contribution in [0.25, 0.3) is 10.6 Å². The second kappa shape index (κ2) is 5.50. The van der Waals surface area contributed by atoms with Gasteiger partial charge in [0, 0.05) is 17.1 Å². The summed E-state index contributed by atoms with van der Waals surface area (Å²) in [5.74, 6) is 0. The second-order valence-electron chi connectivity index (χ2n) is 2.20. The minimum Gasteiger partial charge on any atom is -0.245 e. The van der Waals surface area contributed by atoms with Gasteiger partial charge in [0.2, 0.25) is 0 Å². The Morgan fingerprint density at radius 2 is 1.85 bits per heavy atom. The van der Waals surface area contributed by atoms with Gasteiger partial charge in [-0.15, -0.1) is 11.3 Å². The molecule has 0 fully saturated rings. The first kappa shape index (κ1) is 9.95. The molecule has 0 aliphatic heterocycles. The normalized spacial score (nSPS) is 8.62. The van der Waals surface area contributed by atoms with Crippen LogP contribution in [0, 0.1) is 0 Å². The lowest BCUT2D eigenvalue weighted by Crippen LogP contribution is -1.71. The fraction of sp³-hybridized carbons (Fsp3) is 0. The van der Waals surface area contributed by atoms with Crippen molar-refractivity contribution in [1.29, 1.82) is 0 Å². The van der Waals surface area contributed by atoms with E-state index in [9.17, 15) is 0 Å². The number of aromatic nitrogens is 1. The molecule has 0 amide bonds. The summed E-state index contributed by atoms with van der Waals surface area (Å²) in [5, 5.41) is 3.08. The van der Waals surface area contributed by atoms with E-state index in [1.807, 2.05) is 29.8 Å². The van der Waals surface area contributed by atoms with Gasteiger partial charge < -0.3 is 0 Å². The highest BCUT2D eigenvalue weighted by molar-refractivity contribution is 7.44. The Kier molecular flexibility index (Phi) is 4.21. The highest BCUT2D eigenvalue weighted by Crippen LogP contribution is 2.20. The quantitative estimate of drug-likeness (QED) is 0.722. The Balaban J connectivity index is 0.000000396. The SMILES string of the molecule is O=S.c1ccc(-c2nccs2)cc1. The van der Waals surface area contributed by atoms with Crippen LogP contribution in [-0.4, -0.2) is 9.19 Å². The molecular weight excluding hydrogens is 202 g/mol. The van der Waals surface area contributed by atoms with Crippen molar-refractivity contribution in [3.05, 3.63) is 41.9 Å². The van der Waals surface area contributed by atoms with Gasteiger partial charge in [0.25, 0.3) is 0 Å². The first-order valence-electron chi connectivity index (χ1n) is 3.58. The smallest absolute Gasteiger partial charge is 0.197 e. The van der Waals surface area contributed by atoms with E-state index in [0.29, 0.717) is 0 Å². The number of rotatable bonds is 1. The summed E-state index contributed by atoms with van der Waals surface area (Å²) in [4.78, 5) is 4.20. The number of thiazole rings is 1. The van der Waals surface area contributed by atoms with E-state index >= 15 is 0 Å². The lowest BCUT2D eigenvalue weighted by Gasteiger charge is -1.91. The van der Waals surface area contributed by atoms with Crippen molar-refractivity contribution in [3.8, 4) is 10.6 Å². The molecule has 0 spiro atoms. The highest BCUT2D eigenvalue weighted by atomic mass is 32.1. The number of hydrogen-bond acceptors (Lipinski definition) is 4. The van der Waals surface area contributed by atoms with E-state index in [1.54, 1.807) is 11.3 Å². The third-order valence-corrected chi connectivity index (χ3v) is 2.28. The molecule has 2 aromatic rings. The zero-order chi connectivity index (χ0) is 9.52. The average Bonchev–Trinajstić information content (AvgIpc) is 2.75. The van der Waals surface area contributed by atoms with Crippen molar-refractivity contribution >= 4 is 23.9 Å². The molecule has 1 heterocycles. The molecule has 2 nitrogen and oxygen atoms in total. The molecule has 0 saturated carbocycles. The molecule has 13 heavy (non-hydrogen) atoms. The molecule has 0 saturated heterocycles. The van der Waals surface area contributed by atoms with Crippen LogP contribution in [0.1, 0.15) is 0 Å². The fourth-order valence-corrected chi connectivity index (χ4v) is 1.59. The number of hydrogen-bond donors (Lipinski definition) is 0. The monoisotopic (exact) mass is 209 g/mol. The van der Waals surface area contributed by atoms with Crippen molar-refractivity contribution in [2.75, 3.05) is 0 Å². The Morgan fingerprint density at radius 1 is 1.15 bits per heavy atom. The van der Waals surface area contributed by atoms with Gasteiger partial charge in [-0.25, -0.2) is 4.98 Å². The summed E-state index contributed by atoms with van der Waals surface area (Å²) in [6.45, 7) is 0. The van der Waals surface area contributed by atoms with Crippen molar-refractivity contribution in [3.63, 3.8) is 0 Å². The van der Waals surface area contributed by atoms with Crippen LogP contribution in [0.5, 0.6) is 0 Å². The Labute approximate surface area is 85.8 Å². The molecule has 0 radical (unpaired) electrons. The lowest BCUT2D eigenvalue weighted by molar-refractivity contribution is 0.702. The van der Waals surface area contributed by atoms with Gasteiger partial charge in [0.15, 0.2) is 12.5 Å². The summed E-state index contributed by atoms with van der Waals surface area (Å²) in [5.41, 5.74) is 1.20. The van der Waals surface area contributed by atoms with Crippen LogP contribution in [-0.2, 0) is 12.5 Å². The third kappa shape index (κ3) is 2.68. The van der Waals surface area contributed by atoms with Crippen LogP contribution in [0.3, 0.4) is 0 Å². The summed E-state index contributed by atoms with van der Waals surface area (Å²) >= 11 is 4.50. The summed E-state index contributed by atoms with van der Waals surface area (Å²) < 4.78 is 7.83. The Hall–Kier alpha value is -1.13. The molecule has 2 rings (SSSR count). The summed E-state index contributed by atoms with van der Waals surface area (Å²) in [6, 6.07) is 10.2. The van der Waals surface area contributed by atoms with E-state index in [1.165, 1.54) is 5.56 Å². The zero-order valence-corrected chi connectivity index (χ0v) is 8.35. The van der Waals surface area contributed by atoms with Crippen molar-refractivity contribution < 1.29 is 4.21 Å². The van der Waals surface area contributed by atoms with Gasteiger partial charge in [-0.05, 0) is 0 Å². The van der Waals surface area contributed by atoms with Crippen molar-refractivity contribution in [2.45, 2.75) is 0 Å². The van der Waals surface area contributed by atoms with Crippen LogP contribution in [0.15, 0.2) is 41.9 Å². The van der Waals surface area contributed by atoms with Gasteiger partial charge in [-0.3, -0.25) is 0 Å². The maximum absolute atomic E-state index is 7.83. The maximum atomic E-state index is 7.83. The van der Waals surface area contributed by atoms with Crippen LogP contribution in [0.2, 0.25) is 0 Å². The number of benzene rings is 1. The fourth-order valence-electron chi connectivity index (χ4n) is 0.947. The first-order chi connectivity index (χ1) is 6.47. The maximum Gasteiger partial charge on any atom is 0.197 e. The van der Waals surface area contributed by atoms with Crippen LogP contribution >= 0.6 is 11.3 Å². The molecule has 0 atom stereocenters. The predicted molar refractivity (Wildman–Crippen MR) is 55.7 cm³/mol. The van der Waals surface area contributed by atoms with E-state index in [2.05, 4.69) is 29.7 Å². The molecule has 1 aromatic carbocycles. The minimum absolute atomic E-state index is 1.09. The first-order valence-corrected chi connectivity index (χ1v) is 4.80. The van der Waals surface area contributed by atoms with E-state index in [4.69, 9.17) is 4.21 Å². The molecule has 0 N–H and O–H groups in total. The molecular formula is C9H7NOS2. The van der Waals surface area contributed by atoms with E-state index < -0.39 is 0 Å². The van der Waals surface area contributed by atoms with Gasteiger partial charge in [-0.2, -0.15) is 4.21 Å². The molecule has 1 aromatic heterocycles. The molecule has 0 unspecified atom stereocenters. The second-order valence-corrected chi connectivity index (χ2v) is 3.10. The van der Waals surface area contributed by atoms with Gasteiger partial charge in [-0.1, -0.05) is 30.3 Å². The summed E-state index contributed by atoms with van der Waals surface area (Å²) in [6.07, 6.45) is 1.83.